The van der Waals surface area contributed by atoms with Gasteiger partial charge in [0.1, 0.15) is 6.10 Å². The van der Waals surface area contributed by atoms with Crippen LogP contribution in [0.4, 0.5) is 0 Å². The topological polar surface area (TPSA) is 56.1 Å². The zero-order chi connectivity index (χ0) is 20.6. The van der Waals surface area contributed by atoms with E-state index in [1.165, 1.54) is 77.4 Å². The summed E-state index contributed by atoms with van der Waals surface area (Å²) in [4.78, 5) is 2.74. The summed E-state index contributed by atoms with van der Waals surface area (Å²) >= 11 is 0. The summed E-state index contributed by atoms with van der Waals surface area (Å²) in [6.07, 6.45) is 14.6. The summed E-state index contributed by atoms with van der Waals surface area (Å²) in [6.45, 7) is 5.90. The summed E-state index contributed by atoms with van der Waals surface area (Å²) in [6, 6.07) is 3.94. The van der Waals surface area contributed by atoms with E-state index in [9.17, 15) is 0 Å². The van der Waals surface area contributed by atoms with E-state index in [0.717, 1.165) is 22.9 Å². The van der Waals surface area contributed by atoms with Crippen molar-refractivity contribution in [3.05, 3.63) is 24.0 Å². The molecular formula is C24H35N5O. The minimum Gasteiger partial charge on any atom is -0.473 e. The first-order valence-electron chi connectivity index (χ1n) is 11.8. The van der Waals surface area contributed by atoms with E-state index in [2.05, 4.69) is 20.2 Å². The lowest BCUT2D eigenvalue weighted by Gasteiger charge is -2.52. The summed E-state index contributed by atoms with van der Waals surface area (Å²) in [5.41, 5.74) is 3.37. The van der Waals surface area contributed by atoms with E-state index in [0.29, 0.717) is 17.4 Å². The lowest BCUT2D eigenvalue weighted by atomic mass is 9.61. The molecule has 3 fully saturated rings. The number of aryl methyl sites for hydroxylation is 2. The van der Waals surface area contributed by atoms with Gasteiger partial charge in [-0.25, -0.2) is 0 Å². The van der Waals surface area contributed by atoms with Gasteiger partial charge in [-0.15, -0.1) is 10.2 Å². The van der Waals surface area contributed by atoms with Crippen molar-refractivity contribution in [1.82, 2.24) is 24.9 Å². The molecule has 0 atom stereocenters. The van der Waals surface area contributed by atoms with Crippen molar-refractivity contribution >= 4 is 0 Å². The normalized spacial score (nSPS) is 22.9. The highest BCUT2D eigenvalue weighted by Gasteiger charge is 2.47. The van der Waals surface area contributed by atoms with Gasteiger partial charge in [-0.05, 0) is 75.9 Å². The van der Waals surface area contributed by atoms with E-state index >= 15 is 0 Å². The first-order valence-corrected chi connectivity index (χ1v) is 11.8. The molecule has 0 bridgehead atoms. The van der Waals surface area contributed by atoms with Gasteiger partial charge in [-0.3, -0.25) is 4.68 Å². The fourth-order valence-electron chi connectivity index (χ4n) is 5.89. The van der Waals surface area contributed by atoms with Gasteiger partial charge in [-0.2, -0.15) is 5.10 Å². The molecule has 2 aromatic rings. The van der Waals surface area contributed by atoms with Crippen molar-refractivity contribution < 1.29 is 4.74 Å². The Bertz CT molecular complexity index is 839. The number of likely N-dealkylation sites (tertiary alicyclic amines) is 1. The Hall–Kier alpha value is -1.95. The molecule has 30 heavy (non-hydrogen) atoms. The van der Waals surface area contributed by atoms with E-state index < -0.39 is 0 Å². The Kier molecular flexibility index (Phi) is 5.52. The molecule has 1 spiro atoms. The molecule has 2 aliphatic carbocycles. The van der Waals surface area contributed by atoms with Crippen LogP contribution < -0.4 is 4.74 Å². The van der Waals surface area contributed by atoms with Gasteiger partial charge in [-0.1, -0.05) is 19.3 Å². The molecule has 0 aromatic carbocycles. The maximum Gasteiger partial charge on any atom is 0.233 e. The molecule has 0 radical (unpaired) electrons. The van der Waals surface area contributed by atoms with Crippen LogP contribution in [0.25, 0.3) is 11.3 Å². The molecule has 2 aromatic heterocycles. The second-order valence-corrected chi connectivity index (χ2v) is 10.0. The Balaban J connectivity index is 1.09. The van der Waals surface area contributed by atoms with Crippen molar-refractivity contribution in [2.24, 2.45) is 18.4 Å². The third-order valence-corrected chi connectivity index (χ3v) is 7.70. The molecule has 3 heterocycles. The minimum atomic E-state index is 0.301. The SMILES string of the molecule is Cc1nn(C)cc1-c1ccc(OC2CC3(CCN(CC4CCCCC4)CC3)C2)nn1. The minimum absolute atomic E-state index is 0.301. The molecule has 1 saturated heterocycles. The third-order valence-electron chi connectivity index (χ3n) is 7.70. The number of nitrogens with zero attached hydrogens (tertiary/aromatic N) is 5. The molecule has 3 aliphatic rings. The lowest BCUT2D eigenvalue weighted by Crippen LogP contribution is -2.51. The molecule has 5 rings (SSSR count). The monoisotopic (exact) mass is 409 g/mol. The molecule has 6 nitrogen and oxygen atoms in total. The summed E-state index contributed by atoms with van der Waals surface area (Å²) in [7, 11) is 1.92. The fraction of sp³-hybridized carbons (Fsp3) is 0.708. The van der Waals surface area contributed by atoms with Gasteiger partial charge < -0.3 is 9.64 Å². The molecule has 0 unspecified atom stereocenters. The van der Waals surface area contributed by atoms with Crippen molar-refractivity contribution in [1.29, 1.82) is 0 Å². The summed E-state index contributed by atoms with van der Waals surface area (Å²) in [5.74, 6) is 1.61. The van der Waals surface area contributed by atoms with Gasteiger partial charge in [0.15, 0.2) is 0 Å². The Labute approximate surface area is 180 Å². The van der Waals surface area contributed by atoms with Crippen LogP contribution in [0.2, 0.25) is 0 Å². The summed E-state index contributed by atoms with van der Waals surface area (Å²) < 4.78 is 7.95. The zero-order valence-electron chi connectivity index (χ0n) is 18.5. The highest BCUT2D eigenvalue weighted by atomic mass is 16.5. The van der Waals surface area contributed by atoms with E-state index in [-0.39, 0.29) is 0 Å². The highest BCUT2D eigenvalue weighted by Crippen LogP contribution is 2.50. The first kappa shape index (κ1) is 20.0. The largest absolute Gasteiger partial charge is 0.473 e. The number of hydrogen-bond acceptors (Lipinski definition) is 5. The number of hydrogen-bond donors (Lipinski definition) is 0. The van der Waals surface area contributed by atoms with Crippen LogP contribution in [-0.4, -0.2) is 50.6 Å². The van der Waals surface area contributed by atoms with Crippen molar-refractivity contribution in [2.45, 2.75) is 70.8 Å². The van der Waals surface area contributed by atoms with Crippen LogP contribution in [0, 0.1) is 18.3 Å². The number of aromatic nitrogens is 4. The molecule has 162 valence electrons. The van der Waals surface area contributed by atoms with E-state index in [1.807, 2.05) is 37.0 Å². The van der Waals surface area contributed by atoms with Gasteiger partial charge in [0, 0.05) is 31.4 Å². The molecular weight excluding hydrogens is 374 g/mol. The molecule has 6 heteroatoms. The third kappa shape index (κ3) is 4.25. The van der Waals surface area contributed by atoms with E-state index in [1.54, 1.807) is 0 Å². The standard InChI is InChI=1S/C24H35N5O/c1-18-21(17-28(2)27-18)22-8-9-23(26-25-22)30-20-14-24(15-20)10-12-29(13-11-24)16-19-6-4-3-5-7-19/h8-9,17,19-20H,3-7,10-16H2,1-2H3. The Morgan fingerprint density at radius 2 is 1.83 bits per heavy atom. The van der Waals surface area contributed by atoms with Crippen molar-refractivity contribution in [3.63, 3.8) is 0 Å². The van der Waals surface area contributed by atoms with Crippen LogP contribution in [0.1, 0.15) is 63.5 Å². The maximum atomic E-state index is 6.14. The van der Waals surface area contributed by atoms with Crippen LogP contribution in [0.5, 0.6) is 5.88 Å². The average molecular weight is 410 g/mol. The number of piperidine rings is 1. The fourth-order valence-corrected chi connectivity index (χ4v) is 5.89. The quantitative estimate of drug-likeness (QED) is 0.733. The maximum absolute atomic E-state index is 6.14. The van der Waals surface area contributed by atoms with Gasteiger partial charge in [0.2, 0.25) is 5.88 Å². The second kappa shape index (κ2) is 8.29. The highest BCUT2D eigenvalue weighted by molar-refractivity contribution is 5.60. The second-order valence-electron chi connectivity index (χ2n) is 10.0. The molecule has 0 N–H and O–H groups in total. The lowest BCUT2D eigenvalue weighted by molar-refractivity contribution is -0.0593. The van der Waals surface area contributed by atoms with Gasteiger partial charge >= 0.3 is 0 Å². The predicted molar refractivity (Wildman–Crippen MR) is 117 cm³/mol. The molecule has 0 amide bonds. The number of ether oxygens (including phenoxy) is 1. The Morgan fingerprint density at radius 3 is 2.47 bits per heavy atom. The van der Waals surface area contributed by atoms with Crippen LogP contribution in [0.3, 0.4) is 0 Å². The van der Waals surface area contributed by atoms with Crippen LogP contribution in [-0.2, 0) is 7.05 Å². The summed E-state index contributed by atoms with van der Waals surface area (Å²) in [5, 5.41) is 13.1. The average Bonchev–Trinajstić information content (AvgIpc) is 3.08. The van der Waals surface area contributed by atoms with Gasteiger partial charge in [0.05, 0.1) is 11.4 Å². The Morgan fingerprint density at radius 1 is 1.07 bits per heavy atom. The van der Waals surface area contributed by atoms with Crippen molar-refractivity contribution in [2.75, 3.05) is 19.6 Å². The molecule has 2 saturated carbocycles. The van der Waals surface area contributed by atoms with Crippen molar-refractivity contribution in [3.8, 4) is 17.1 Å². The smallest absolute Gasteiger partial charge is 0.233 e. The van der Waals surface area contributed by atoms with Crippen LogP contribution >= 0.6 is 0 Å². The number of rotatable bonds is 5. The first-order chi connectivity index (χ1) is 14.6. The molecule has 1 aliphatic heterocycles. The van der Waals surface area contributed by atoms with Crippen LogP contribution in [0.15, 0.2) is 18.3 Å². The zero-order valence-corrected chi connectivity index (χ0v) is 18.5. The predicted octanol–water partition coefficient (Wildman–Crippen LogP) is 4.39. The van der Waals surface area contributed by atoms with Gasteiger partial charge in [0.25, 0.3) is 0 Å². The van der Waals surface area contributed by atoms with E-state index in [4.69, 9.17) is 4.74 Å².